The monoisotopic (exact) mass is 357 g/mol. The second-order valence-electron chi connectivity index (χ2n) is 6.86. The Morgan fingerprint density at radius 3 is 2.77 bits per heavy atom. The first-order valence-electron chi connectivity index (χ1n) is 9.32. The van der Waals surface area contributed by atoms with Crippen molar-refractivity contribution in [2.75, 3.05) is 25.1 Å². The summed E-state index contributed by atoms with van der Waals surface area (Å²) in [5.74, 6) is 0.773. The largest absolute Gasteiger partial charge is 0.497 e. The summed E-state index contributed by atoms with van der Waals surface area (Å²) in [6, 6.07) is 7.01. The van der Waals surface area contributed by atoms with Gasteiger partial charge in [-0.3, -0.25) is 4.79 Å². The number of methoxy groups -OCH3 is 1. The first kappa shape index (κ1) is 18.3. The zero-order valence-corrected chi connectivity index (χ0v) is 15.3. The standard InChI is InChI=1S/C20H27N3O3/c1-26-18-9-7-17(8-10-18)23-14-16(13-19(23)24)22-20(25)21-12-11-15-5-3-2-4-6-15/h5,7-10,16H,2-4,6,11-14H2,1H3,(H2,21,22,25)/t16-/m0/s1. The number of carbonyl (C=O) groups excluding carboxylic acids is 2. The molecular formula is C20H27N3O3. The molecule has 0 aromatic heterocycles. The third-order valence-corrected chi connectivity index (χ3v) is 4.96. The number of amides is 3. The molecule has 0 radical (unpaired) electrons. The van der Waals surface area contributed by atoms with Crippen LogP contribution in [-0.2, 0) is 4.79 Å². The van der Waals surface area contributed by atoms with Crippen molar-refractivity contribution in [1.82, 2.24) is 10.6 Å². The number of allylic oxidation sites excluding steroid dienone is 1. The van der Waals surface area contributed by atoms with E-state index in [0.717, 1.165) is 30.7 Å². The van der Waals surface area contributed by atoms with Crippen molar-refractivity contribution in [3.63, 3.8) is 0 Å². The highest BCUT2D eigenvalue weighted by molar-refractivity contribution is 5.96. The lowest BCUT2D eigenvalue weighted by atomic mass is 9.97. The number of hydrogen-bond acceptors (Lipinski definition) is 3. The van der Waals surface area contributed by atoms with Gasteiger partial charge in [0.2, 0.25) is 5.91 Å². The third kappa shape index (κ3) is 4.77. The molecular weight excluding hydrogens is 330 g/mol. The molecule has 0 unspecified atom stereocenters. The van der Waals surface area contributed by atoms with Gasteiger partial charge in [0.1, 0.15) is 5.75 Å². The Hall–Kier alpha value is -2.50. The summed E-state index contributed by atoms with van der Waals surface area (Å²) >= 11 is 0. The van der Waals surface area contributed by atoms with Crippen LogP contribution in [0.5, 0.6) is 5.75 Å². The Morgan fingerprint density at radius 1 is 1.27 bits per heavy atom. The van der Waals surface area contributed by atoms with E-state index < -0.39 is 0 Å². The van der Waals surface area contributed by atoms with E-state index in [1.54, 1.807) is 12.0 Å². The fraction of sp³-hybridized carbons (Fsp3) is 0.500. The Labute approximate surface area is 154 Å². The van der Waals surface area contributed by atoms with E-state index in [4.69, 9.17) is 4.74 Å². The first-order chi connectivity index (χ1) is 12.7. The maximum atomic E-state index is 12.3. The molecule has 3 amide bonds. The minimum absolute atomic E-state index is 0.0211. The lowest BCUT2D eigenvalue weighted by Crippen LogP contribution is -2.43. The Morgan fingerprint density at radius 2 is 2.08 bits per heavy atom. The number of carbonyl (C=O) groups is 2. The van der Waals surface area contributed by atoms with Crippen LogP contribution in [0.4, 0.5) is 10.5 Å². The number of ether oxygens (including phenoxy) is 1. The average molecular weight is 357 g/mol. The highest BCUT2D eigenvalue weighted by Crippen LogP contribution is 2.24. The zero-order chi connectivity index (χ0) is 18.4. The molecule has 1 saturated heterocycles. The smallest absolute Gasteiger partial charge is 0.315 e. The summed E-state index contributed by atoms with van der Waals surface area (Å²) in [7, 11) is 1.61. The van der Waals surface area contributed by atoms with Gasteiger partial charge in [0.05, 0.1) is 13.2 Å². The van der Waals surface area contributed by atoms with Gasteiger partial charge in [0.25, 0.3) is 0 Å². The minimum atomic E-state index is -0.198. The van der Waals surface area contributed by atoms with E-state index in [0.29, 0.717) is 19.5 Å². The molecule has 0 spiro atoms. The van der Waals surface area contributed by atoms with Crippen molar-refractivity contribution >= 4 is 17.6 Å². The van der Waals surface area contributed by atoms with Crippen molar-refractivity contribution in [3.8, 4) is 5.75 Å². The summed E-state index contributed by atoms with van der Waals surface area (Å²) in [5, 5.41) is 5.82. The highest BCUT2D eigenvalue weighted by Gasteiger charge is 2.31. The van der Waals surface area contributed by atoms with Gasteiger partial charge in [-0.05, 0) is 56.4 Å². The van der Waals surface area contributed by atoms with E-state index >= 15 is 0 Å². The number of anilines is 1. The molecule has 3 rings (SSSR count). The normalized spacial score (nSPS) is 19.9. The molecule has 1 heterocycles. The molecule has 1 atom stereocenters. The number of nitrogens with one attached hydrogen (secondary N) is 2. The zero-order valence-electron chi connectivity index (χ0n) is 15.3. The van der Waals surface area contributed by atoms with Crippen LogP contribution >= 0.6 is 0 Å². The van der Waals surface area contributed by atoms with Crippen molar-refractivity contribution < 1.29 is 14.3 Å². The summed E-state index contributed by atoms with van der Waals surface area (Å²) in [6.07, 6.45) is 8.37. The third-order valence-electron chi connectivity index (χ3n) is 4.96. The molecule has 26 heavy (non-hydrogen) atoms. The quantitative estimate of drug-likeness (QED) is 0.769. The SMILES string of the molecule is COc1ccc(N2C[C@@H](NC(=O)NCCC3=CCCCC3)CC2=O)cc1. The molecule has 0 saturated carbocycles. The molecule has 2 aliphatic rings. The molecule has 6 nitrogen and oxygen atoms in total. The molecule has 1 aliphatic carbocycles. The van der Waals surface area contributed by atoms with Gasteiger partial charge in [-0.15, -0.1) is 0 Å². The second kappa shape index (κ2) is 8.74. The predicted molar refractivity (Wildman–Crippen MR) is 101 cm³/mol. The fourth-order valence-electron chi connectivity index (χ4n) is 3.52. The van der Waals surface area contributed by atoms with Crippen molar-refractivity contribution in [1.29, 1.82) is 0 Å². The van der Waals surface area contributed by atoms with Crippen LogP contribution in [0.15, 0.2) is 35.9 Å². The fourth-order valence-corrected chi connectivity index (χ4v) is 3.52. The Balaban J connectivity index is 1.44. The van der Waals surface area contributed by atoms with Gasteiger partial charge in [-0.1, -0.05) is 11.6 Å². The van der Waals surface area contributed by atoms with Gasteiger partial charge < -0.3 is 20.3 Å². The van der Waals surface area contributed by atoms with Crippen molar-refractivity contribution in [3.05, 3.63) is 35.9 Å². The number of hydrogen-bond donors (Lipinski definition) is 2. The molecule has 1 aromatic carbocycles. The Kier molecular flexibility index (Phi) is 6.15. The van der Waals surface area contributed by atoms with Crippen LogP contribution in [0.2, 0.25) is 0 Å². The maximum absolute atomic E-state index is 12.3. The summed E-state index contributed by atoms with van der Waals surface area (Å²) < 4.78 is 5.14. The van der Waals surface area contributed by atoms with Crippen molar-refractivity contribution in [2.45, 2.75) is 44.6 Å². The highest BCUT2D eigenvalue weighted by atomic mass is 16.5. The molecule has 1 aliphatic heterocycles. The second-order valence-corrected chi connectivity index (χ2v) is 6.86. The van der Waals surface area contributed by atoms with Crippen LogP contribution in [0.25, 0.3) is 0 Å². The van der Waals surface area contributed by atoms with Crippen LogP contribution in [0.1, 0.15) is 38.5 Å². The van der Waals surface area contributed by atoms with Gasteiger partial charge >= 0.3 is 6.03 Å². The lowest BCUT2D eigenvalue weighted by molar-refractivity contribution is -0.117. The average Bonchev–Trinajstić information content (AvgIpc) is 3.02. The number of nitrogens with zero attached hydrogens (tertiary/aromatic N) is 1. The molecule has 2 N–H and O–H groups in total. The van der Waals surface area contributed by atoms with Gasteiger partial charge in [-0.2, -0.15) is 0 Å². The van der Waals surface area contributed by atoms with E-state index in [1.165, 1.54) is 18.4 Å². The lowest BCUT2D eigenvalue weighted by Gasteiger charge is -2.18. The summed E-state index contributed by atoms with van der Waals surface area (Å²) in [6.45, 7) is 1.13. The van der Waals surface area contributed by atoms with Gasteiger partial charge in [0.15, 0.2) is 0 Å². The van der Waals surface area contributed by atoms with Crippen LogP contribution in [0, 0.1) is 0 Å². The predicted octanol–water partition coefficient (Wildman–Crippen LogP) is 2.99. The first-order valence-corrected chi connectivity index (χ1v) is 9.32. The number of urea groups is 1. The molecule has 0 bridgehead atoms. The topological polar surface area (TPSA) is 70.7 Å². The van der Waals surface area contributed by atoms with E-state index in [1.807, 2.05) is 24.3 Å². The van der Waals surface area contributed by atoms with Crippen LogP contribution in [0.3, 0.4) is 0 Å². The van der Waals surface area contributed by atoms with Gasteiger partial charge in [-0.25, -0.2) is 4.79 Å². The van der Waals surface area contributed by atoms with Crippen molar-refractivity contribution in [2.24, 2.45) is 0 Å². The maximum Gasteiger partial charge on any atom is 0.315 e. The number of rotatable bonds is 6. The molecule has 1 fully saturated rings. The van der Waals surface area contributed by atoms with Crippen LogP contribution < -0.4 is 20.3 Å². The van der Waals surface area contributed by atoms with E-state index in [9.17, 15) is 9.59 Å². The minimum Gasteiger partial charge on any atom is -0.497 e. The van der Waals surface area contributed by atoms with E-state index in [2.05, 4.69) is 16.7 Å². The molecule has 140 valence electrons. The number of benzene rings is 1. The molecule has 6 heteroatoms. The Bertz CT molecular complexity index is 669. The summed E-state index contributed by atoms with van der Waals surface area (Å²) in [4.78, 5) is 26.0. The van der Waals surface area contributed by atoms with E-state index in [-0.39, 0.29) is 18.0 Å². The van der Waals surface area contributed by atoms with Gasteiger partial charge in [0, 0.05) is 25.2 Å². The van der Waals surface area contributed by atoms with Crippen LogP contribution in [-0.4, -0.2) is 38.2 Å². The summed E-state index contributed by atoms with van der Waals surface area (Å²) in [5.41, 5.74) is 2.27. The molecule has 1 aromatic rings.